The fourth-order valence-corrected chi connectivity index (χ4v) is 2.09. The molecule has 2 N–H and O–H groups in total. The van der Waals surface area contributed by atoms with E-state index >= 15 is 0 Å². The molecule has 1 aliphatic carbocycles. The van der Waals surface area contributed by atoms with Crippen LogP contribution in [0.15, 0.2) is 0 Å². The molecule has 0 bridgehead atoms. The van der Waals surface area contributed by atoms with Gasteiger partial charge in [0.05, 0.1) is 19.2 Å². The lowest BCUT2D eigenvalue weighted by molar-refractivity contribution is -0.138. The highest BCUT2D eigenvalue weighted by Gasteiger charge is 2.24. The number of hydrogen-bond acceptors (Lipinski definition) is 3. The Morgan fingerprint density at radius 2 is 2.05 bits per heavy atom. The van der Waals surface area contributed by atoms with Gasteiger partial charge in [0.2, 0.25) is 11.8 Å². The minimum absolute atomic E-state index is 0.0644. The predicted molar refractivity (Wildman–Crippen MR) is 72.3 cm³/mol. The molecule has 1 rings (SSSR count). The van der Waals surface area contributed by atoms with Crippen molar-refractivity contribution in [2.45, 2.75) is 51.2 Å². The lowest BCUT2D eigenvalue weighted by Crippen LogP contribution is -2.43. The zero-order valence-corrected chi connectivity index (χ0v) is 11.4. The molecule has 5 nitrogen and oxygen atoms in total. The Hall–Kier alpha value is -1.54. The first-order chi connectivity index (χ1) is 9.17. The van der Waals surface area contributed by atoms with Gasteiger partial charge in [0, 0.05) is 0 Å². The van der Waals surface area contributed by atoms with Gasteiger partial charge in [0.25, 0.3) is 0 Å². The van der Waals surface area contributed by atoms with Crippen LogP contribution in [-0.4, -0.2) is 37.1 Å². The van der Waals surface area contributed by atoms with Gasteiger partial charge in [-0.1, -0.05) is 25.7 Å². The molecule has 0 aliphatic heterocycles. The summed E-state index contributed by atoms with van der Waals surface area (Å²) in [6, 6.07) is 0. The third-order valence-electron chi connectivity index (χ3n) is 3.13. The molecular weight excluding hydrogens is 244 g/mol. The van der Waals surface area contributed by atoms with E-state index in [1.54, 1.807) is 0 Å². The Kier molecular flexibility index (Phi) is 6.98. The fraction of sp³-hybridized carbons (Fsp3) is 0.714. The summed E-state index contributed by atoms with van der Waals surface area (Å²) < 4.78 is 5.76. The van der Waals surface area contributed by atoms with E-state index in [4.69, 9.17) is 11.2 Å². The second-order valence-electron chi connectivity index (χ2n) is 4.64. The molecule has 0 spiro atoms. The Bertz CT molecular complexity index is 343. The summed E-state index contributed by atoms with van der Waals surface area (Å²) in [6.45, 7) is 2.01. The average Bonchev–Trinajstić information content (AvgIpc) is 2.92. The molecule has 1 fully saturated rings. The quantitative estimate of drug-likeness (QED) is 0.663. The van der Waals surface area contributed by atoms with Crippen LogP contribution in [0, 0.1) is 12.3 Å². The van der Waals surface area contributed by atoms with E-state index in [0.29, 0.717) is 6.42 Å². The highest BCUT2D eigenvalue weighted by atomic mass is 16.5. The number of hydrogen-bond donors (Lipinski definition) is 2. The molecule has 0 radical (unpaired) electrons. The number of nitrogens with one attached hydrogen (secondary N) is 2. The number of carbonyl (C=O) groups is 2. The standard InChI is InChI=1S/C14H22N2O3/c1-3-9-15-13(17)10-16-14(18)12(4-2)19-11-7-5-6-8-11/h1,11-12H,4-10H2,2H3,(H,15,17)(H,16,18)/t12-/m1/s1. The molecule has 5 heteroatoms. The maximum absolute atomic E-state index is 11.9. The summed E-state index contributed by atoms with van der Waals surface area (Å²) in [5.41, 5.74) is 0. The van der Waals surface area contributed by atoms with Crippen molar-refractivity contribution in [3.8, 4) is 12.3 Å². The van der Waals surface area contributed by atoms with Crippen LogP contribution in [0.5, 0.6) is 0 Å². The van der Waals surface area contributed by atoms with Gasteiger partial charge in [-0.25, -0.2) is 0 Å². The molecule has 0 unspecified atom stereocenters. The summed E-state index contributed by atoms with van der Waals surface area (Å²) in [5.74, 6) is 1.78. The lowest BCUT2D eigenvalue weighted by atomic mass is 10.2. The highest BCUT2D eigenvalue weighted by Crippen LogP contribution is 2.22. The molecule has 19 heavy (non-hydrogen) atoms. The monoisotopic (exact) mass is 266 g/mol. The first-order valence-corrected chi connectivity index (χ1v) is 6.80. The van der Waals surface area contributed by atoms with E-state index in [1.807, 2.05) is 6.92 Å². The van der Waals surface area contributed by atoms with Gasteiger partial charge in [-0.2, -0.15) is 0 Å². The van der Waals surface area contributed by atoms with Gasteiger partial charge in [0.1, 0.15) is 6.10 Å². The third-order valence-corrected chi connectivity index (χ3v) is 3.13. The molecule has 0 aromatic heterocycles. The summed E-state index contributed by atoms with van der Waals surface area (Å²) in [5, 5.41) is 5.06. The molecule has 1 atom stereocenters. The molecule has 0 heterocycles. The Morgan fingerprint density at radius 3 is 2.63 bits per heavy atom. The number of ether oxygens (including phenoxy) is 1. The second kappa shape index (κ2) is 8.54. The molecule has 0 saturated heterocycles. The van der Waals surface area contributed by atoms with Crippen molar-refractivity contribution in [1.29, 1.82) is 0 Å². The molecular formula is C14H22N2O3. The van der Waals surface area contributed by atoms with Crippen LogP contribution in [0.2, 0.25) is 0 Å². The lowest BCUT2D eigenvalue weighted by Gasteiger charge is -2.20. The topological polar surface area (TPSA) is 67.4 Å². The average molecular weight is 266 g/mol. The first-order valence-electron chi connectivity index (χ1n) is 6.80. The van der Waals surface area contributed by atoms with Crippen molar-refractivity contribution < 1.29 is 14.3 Å². The minimum atomic E-state index is -0.469. The Balaban J connectivity index is 2.28. The van der Waals surface area contributed by atoms with Gasteiger partial charge < -0.3 is 15.4 Å². The van der Waals surface area contributed by atoms with Crippen LogP contribution in [0.25, 0.3) is 0 Å². The van der Waals surface area contributed by atoms with Crippen molar-refractivity contribution >= 4 is 11.8 Å². The van der Waals surface area contributed by atoms with E-state index in [-0.39, 0.29) is 31.0 Å². The normalized spacial score (nSPS) is 16.6. The SMILES string of the molecule is C#CCNC(=O)CNC(=O)[C@@H](CC)OC1CCCC1. The maximum Gasteiger partial charge on any atom is 0.249 e. The second-order valence-corrected chi connectivity index (χ2v) is 4.64. The van der Waals surface area contributed by atoms with Crippen molar-refractivity contribution in [1.82, 2.24) is 10.6 Å². The van der Waals surface area contributed by atoms with Crippen LogP contribution < -0.4 is 10.6 Å². The van der Waals surface area contributed by atoms with Crippen molar-refractivity contribution in [3.05, 3.63) is 0 Å². The van der Waals surface area contributed by atoms with E-state index in [2.05, 4.69) is 16.6 Å². The van der Waals surface area contributed by atoms with Crippen molar-refractivity contribution in [2.75, 3.05) is 13.1 Å². The largest absolute Gasteiger partial charge is 0.365 e. The van der Waals surface area contributed by atoms with Crippen molar-refractivity contribution in [2.24, 2.45) is 0 Å². The zero-order chi connectivity index (χ0) is 14.1. The molecule has 106 valence electrons. The summed E-state index contributed by atoms with van der Waals surface area (Å²) in [4.78, 5) is 23.2. The van der Waals surface area contributed by atoms with Gasteiger partial charge in [-0.15, -0.1) is 6.42 Å². The van der Waals surface area contributed by atoms with E-state index in [9.17, 15) is 9.59 Å². The Morgan fingerprint density at radius 1 is 1.37 bits per heavy atom. The van der Waals surface area contributed by atoms with E-state index in [0.717, 1.165) is 25.7 Å². The molecule has 1 aliphatic rings. The van der Waals surface area contributed by atoms with E-state index < -0.39 is 6.10 Å². The molecule has 0 aromatic carbocycles. The Labute approximate surface area is 114 Å². The zero-order valence-electron chi connectivity index (χ0n) is 11.4. The summed E-state index contributed by atoms with van der Waals surface area (Å²) in [6.07, 6.45) is 9.71. The summed E-state index contributed by atoms with van der Waals surface area (Å²) >= 11 is 0. The van der Waals surface area contributed by atoms with E-state index in [1.165, 1.54) is 0 Å². The van der Waals surface area contributed by atoms with Gasteiger partial charge in [-0.05, 0) is 19.3 Å². The molecule has 2 amide bonds. The number of rotatable bonds is 7. The maximum atomic E-state index is 11.9. The smallest absolute Gasteiger partial charge is 0.249 e. The van der Waals surface area contributed by atoms with Crippen LogP contribution >= 0.6 is 0 Å². The summed E-state index contributed by atoms with van der Waals surface area (Å²) in [7, 11) is 0. The molecule has 0 aromatic rings. The van der Waals surface area contributed by atoms with Gasteiger partial charge in [0.15, 0.2) is 0 Å². The number of carbonyl (C=O) groups excluding carboxylic acids is 2. The highest BCUT2D eigenvalue weighted by molar-refractivity contribution is 5.86. The van der Waals surface area contributed by atoms with Crippen LogP contribution in [0.1, 0.15) is 39.0 Å². The van der Waals surface area contributed by atoms with Crippen LogP contribution in [0.4, 0.5) is 0 Å². The minimum Gasteiger partial charge on any atom is -0.365 e. The predicted octanol–water partition coefficient (Wildman–Crippen LogP) is 0.590. The first kappa shape index (κ1) is 15.5. The molecule has 1 saturated carbocycles. The fourth-order valence-electron chi connectivity index (χ4n) is 2.09. The number of terminal acetylenes is 1. The van der Waals surface area contributed by atoms with Crippen LogP contribution in [-0.2, 0) is 14.3 Å². The van der Waals surface area contributed by atoms with Gasteiger partial charge in [-0.3, -0.25) is 9.59 Å². The van der Waals surface area contributed by atoms with Crippen LogP contribution in [0.3, 0.4) is 0 Å². The number of amides is 2. The van der Waals surface area contributed by atoms with Crippen molar-refractivity contribution in [3.63, 3.8) is 0 Å². The third kappa shape index (κ3) is 5.75. The van der Waals surface area contributed by atoms with Gasteiger partial charge >= 0.3 is 0 Å².